The second-order valence-corrected chi connectivity index (χ2v) is 6.77. The Bertz CT molecular complexity index is 583. The SMILES string of the molecule is CCN(CC)c1nc(C2CC2)c(-c2nnc(NC)s2)s1. The maximum Gasteiger partial charge on any atom is 0.205 e. The van der Waals surface area contributed by atoms with Crippen LogP contribution in [-0.2, 0) is 0 Å². The Morgan fingerprint density at radius 1 is 1.20 bits per heavy atom. The third kappa shape index (κ3) is 2.52. The summed E-state index contributed by atoms with van der Waals surface area (Å²) in [5.74, 6) is 0.632. The summed E-state index contributed by atoms with van der Waals surface area (Å²) in [4.78, 5) is 8.41. The van der Waals surface area contributed by atoms with Crippen molar-refractivity contribution >= 4 is 32.9 Å². The van der Waals surface area contributed by atoms with Crippen LogP contribution in [0.5, 0.6) is 0 Å². The van der Waals surface area contributed by atoms with Crippen LogP contribution in [0.15, 0.2) is 0 Å². The van der Waals surface area contributed by atoms with E-state index in [4.69, 9.17) is 4.98 Å². The van der Waals surface area contributed by atoms with Crippen molar-refractivity contribution in [2.75, 3.05) is 30.4 Å². The fourth-order valence-electron chi connectivity index (χ4n) is 2.15. The van der Waals surface area contributed by atoms with Gasteiger partial charge in [0.2, 0.25) is 5.13 Å². The van der Waals surface area contributed by atoms with Crippen LogP contribution in [0.2, 0.25) is 0 Å². The van der Waals surface area contributed by atoms with Crippen molar-refractivity contribution in [2.45, 2.75) is 32.6 Å². The van der Waals surface area contributed by atoms with E-state index in [1.54, 1.807) is 22.7 Å². The Morgan fingerprint density at radius 3 is 2.50 bits per heavy atom. The topological polar surface area (TPSA) is 53.9 Å². The van der Waals surface area contributed by atoms with Gasteiger partial charge >= 0.3 is 0 Å². The monoisotopic (exact) mass is 309 g/mol. The molecule has 1 aliphatic carbocycles. The Balaban J connectivity index is 1.99. The molecule has 0 spiro atoms. The number of anilines is 2. The van der Waals surface area contributed by atoms with Gasteiger partial charge in [0.05, 0.1) is 10.6 Å². The van der Waals surface area contributed by atoms with Gasteiger partial charge < -0.3 is 10.2 Å². The molecule has 5 nitrogen and oxygen atoms in total. The van der Waals surface area contributed by atoms with E-state index in [1.165, 1.54) is 23.4 Å². The molecule has 0 saturated heterocycles. The molecule has 108 valence electrons. The van der Waals surface area contributed by atoms with Crippen molar-refractivity contribution in [1.82, 2.24) is 15.2 Å². The first-order valence-electron chi connectivity index (χ1n) is 7.04. The molecule has 0 aromatic carbocycles. The smallest absolute Gasteiger partial charge is 0.205 e. The molecule has 0 aliphatic heterocycles. The van der Waals surface area contributed by atoms with Crippen molar-refractivity contribution in [2.24, 2.45) is 0 Å². The largest absolute Gasteiger partial charge is 0.363 e. The lowest BCUT2D eigenvalue weighted by atomic mass is 10.2. The van der Waals surface area contributed by atoms with Crippen LogP contribution in [0.4, 0.5) is 10.3 Å². The fraction of sp³-hybridized carbons (Fsp3) is 0.615. The quantitative estimate of drug-likeness (QED) is 0.886. The minimum atomic E-state index is 0.632. The predicted molar refractivity (Wildman–Crippen MR) is 86.1 cm³/mol. The van der Waals surface area contributed by atoms with Crippen LogP contribution < -0.4 is 10.2 Å². The summed E-state index contributed by atoms with van der Waals surface area (Å²) in [6.07, 6.45) is 2.51. The van der Waals surface area contributed by atoms with E-state index >= 15 is 0 Å². The third-order valence-corrected chi connectivity index (χ3v) is 5.70. The minimum Gasteiger partial charge on any atom is -0.363 e. The number of nitrogens with zero attached hydrogens (tertiary/aromatic N) is 4. The second kappa shape index (κ2) is 5.65. The Hall–Kier alpha value is -1.21. The number of thiazole rings is 1. The summed E-state index contributed by atoms with van der Waals surface area (Å²) in [7, 11) is 1.88. The molecule has 2 aromatic rings. The van der Waals surface area contributed by atoms with Gasteiger partial charge in [0, 0.05) is 26.1 Å². The van der Waals surface area contributed by atoms with Crippen LogP contribution in [-0.4, -0.2) is 35.3 Å². The molecular weight excluding hydrogens is 290 g/mol. The average molecular weight is 309 g/mol. The maximum atomic E-state index is 4.89. The highest BCUT2D eigenvalue weighted by Gasteiger charge is 2.32. The highest BCUT2D eigenvalue weighted by molar-refractivity contribution is 7.25. The number of hydrogen-bond donors (Lipinski definition) is 1. The van der Waals surface area contributed by atoms with Crippen LogP contribution >= 0.6 is 22.7 Å². The molecule has 0 unspecified atom stereocenters. The molecule has 20 heavy (non-hydrogen) atoms. The Kier molecular flexibility index (Phi) is 3.89. The summed E-state index contributed by atoms with van der Waals surface area (Å²) in [6, 6.07) is 0. The minimum absolute atomic E-state index is 0.632. The molecule has 0 amide bonds. The van der Waals surface area contributed by atoms with Gasteiger partial charge in [0.25, 0.3) is 0 Å². The fourth-order valence-corrected chi connectivity index (χ4v) is 4.21. The van der Waals surface area contributed by atoms with Crippen molar-refractivity contribution in [3.05, 3.63) is 5.69 Å². The molecule has 0 bridgehead atoms. The average Bonchev–Trinajstić information content (AvgIpc) is 3.04. The van der Waals surface area contributed by atoms with Gasteiger partial charge in [-0.05, 0) is 26.7 Å². The van der Waals surface area contributed by atoms with E-state index in [0.717, 1.165) is 28.4 Å². The number of aromatic nitrogens is 3. The molecule has 0 radical (unpaired) electrons. The molecule has 7 heteroatoms. The van der Waals surface area contributed by atoms with Gasteiger partial charge in [0.1, 0.15) is 0 Å². The zero-order valence-corrected chi connectivity index (χ0v) is 13.6. The van der Waals surface area contributed by atoms with E-state index in [-0.39, 0.29) is 0 Å². The molecular formula is C13H19N5S2. The highest BCUT2D eigenvalue weighted by atomic mass is 32.1. The van der Waals surface area contributed by atoms with Gasteiger partial charge in [-0.25, -0.2) is 4.98 Å². The first-order valence-corrected chi connectivity index (χ1v) is 8.67. The van der Waals surface area contributed by atoms with Gasteiger partial charge in [-0.1, -0.05) is 22.7 Å². The second-order valence-electron chi connectivity index (χ2n) is 4.82. The van der Waals surface area contributed by atoms with Crippen molar-refractivity contribution < 1.29 is 0 Å². The van der Waals surface area contributed by atoms with Crippen molar-refractivity contribution in [3.8, 4) is 9.88 Å². The first kappa shape index (κ1) is 13.8. The molecule has 2 aromatic heterocycles. The molecule has 1 N–H and O–H groups in total. The molecule has 0 atom stereocenters. The van der Waals surface area contributed by atoms with Gasteiger partial charge in [-0.2, -0.15) is 0 Å². The number of nitrogens with one attached hydrogen (secondary N) is 1. The molecule has 1 fully saturated rings. The Labute approximate surface area is 127 Å². The standard InChI is InChI=1S/C13H19N5S2/c1-4-18(5-2)13-15-9(8-6-7-8)10(19-13)11-16-17-12(14-3)20-11/h8H,4-7H2,1-3H3,(H,14,17). The predicted octanol–water partition coefficient (Wildman–Crippen LogP) is 3.43. The maximum absolute atomic E-state index is 4.89. The van der Waals surface area contributed by atoms with Crippen LogP contribution in [0.25, 0.3) is 9.88 Å². The molecule has 1 aliphatic rings. The number of hydrogen-bond acceptors (Lipinski definition) is 7. The summed E-state index contributed by atoms with van der Waals surface area (Å²) in [6.45, 7) is 6.33. The van der Waals surface area contributed by atoms with E-state index in [0.29, 0.717) is 5.92 Å². The molecule has 2 heterocycles. The van der Waals surface area contributed by atoms with Crippen molar-refractivity contribution in [1.29, 1.82) is 0 Å². The lowest BCUT2D eigenvalue weighted by Crippen LogP contribution is -2.21. The Morgan fingerprint density at radius 2 is 1.95 bits per heavy atom. The first-order chi connectivity index (χ1) is 9.76. The molecule has 1 saturated carbocycles. The normalized spacial score (nSPS) is 14.6. The summed E-state index contributed by atoms with van der Waals surface area (Å²) >= 11 is 3.36. The van der Waals surface area contributed by atoms with Gasteiger partial charge in [0.15, 0.2) is 10.1 Å². The lowest BCUT2D eigenvalue weighted by molar-refractivity contribution is 0.853. The van der Waals surface area contributed by atoms with Crippen LogP contribution in [0.1, 0.15) is 38.3 Å². The van der Waals surface area contributed by atoms with Gasteiger partial charge in [-0.15, -0.1) is 10.2 Å². The molecule has 3 rings (SSSR count). The highest BCUT2D eigenvalue weighted by Crippen LogP contribution is 2.48. The van der Waals surface area contributed by atoms with Crippen LogP contribution in [0, 0.1) is 0 Å². The lowest BCUT2D eigenvalue weighted by Gasteiger charge is -2.16. The van der Waals surface area contributed by atoms with E-state index in [2.05, 4.69) is 34.3 Å². The zero-order valence-electron chi connectivity index (χ0n) is 12.0. The van der Waals surface area contributed by atoms with Gasteiger partial charge in [-0.3, -0.25) is 0 Å². The van der Waals surface area contributed by atoms with E-state index < -0.39 is 0 Å². The number of rotatable bonds is 6. The van der Waals surface area contributed by atoms with E-state index in [9.17, 15) is 0 Å². The zero-order chi connectivity index (χ0) is 14.1. The summed E-state index contributed by atoms with van der Waals surface area (Å²) in [5.41, 5.74) is 1.23. The van der Waals surface area contributed by atoms with Crippen LogP contribution in [0.3, 0.4) is 0 Å². The third-order valence-electron chi connectivity index (χ3n) is 3.47. The van der Waals surface area contributed by atoms with E-state index in [1.807, 2.05) is 7.05 Å². The summed E-state index contributed by atoms with van der Waals surface area (Å²) < 4.78 is 0. The summed E-state index contributed by atoms with van der Waals surface area (Å²) in [5, 5.41) is 14.5. The van der Waals surface area contributed by atoms with Crippen molar-refractivity contribution in [3.63, 3.8) is 0 Å².